The van der Waals surface area contributed by atoms with Crippen molar-refractivity contribution in [3.05, 3.63) is 29.3 Å². The molecule has 0 bridgehead atoms. The molecule has 0 radical (unpaired) electrons. The van der Waals surface area contributed by atoms with E-state index in [0.717, 1.165) is 12.4 Å². The molecular formula is C11H17N5S. The zero-order chi connectivity index (χ0) is 12.4. The molecule has 0 aliphatic rings. The Kier molecular flexibility index (Phi) is 3.42. The van der Waals surface area contributed by atoms with E-state index in [4.69, 9.17) is 12.2 Å². The van der Waals surface area contributed by atoms with Crippen LogP contribution in [0.2, 0.25) is 0 Å². The molecular weight excluding hydrogens is 234 g/mol. The molecule has 0 saturated heterocycles. The highest BCUT2D eigenvalue weighted by Crippen LogP contribution is 2.18. The van der Waals surface area contributed by atoms with Crippen molar-refractivity contribution in [2.45, 2.75) is 39.3 Å². The van der Waals surface area contributed by atoms with Crippen LogP contribution in [0.1, 0.15) is 38.6 Å². The summed E-state index contributed by atoms with van der Waals surface area (Å²) in [5.74, 6) is 1.36. The first kappa shape index (κ1) is 12.0. The molecule has 2 heterocycles. The van der Waals surface area contributed by atoms with Gasteiger partial charge in [-0.2, -0.15) is 5.10 Å². The quantitative estimate of drug-likeness (QED) is 0.849. The van der Waals surface area contributed by atoms with Gasteiger partial charge in [-0.15, -0.1) is 0 Å². The first-order valence-electron chi connectivity index (χ1n) is 5.72. The summed E-state index contributed by atoms with van der Waals surface area (Å²) in [5.41, 5.74) is 0. The van der Waals surface area contributed by atoms with Gasteiger partial charge in [-0.3, -0.25) is 9.67 Å². The molecule has 1 unspecified atom stereocenters. The fourth-order valence-corrected chi connectivity index (χ4v) is 2.25. The minimum absolute atomic E-state index is 0.257. The summed E-state index contributed by atoms with van der Waals surface area (Å²) in [4.78, 5) is 4.04. The maximum Gasteiger partial charge on any atom is 0.195 e. The van der Waals surface area contributed by atoms with Crippen molar-refractivity contribution < 1.29 is 0 Å². The Morgan fingerprint density at radius 1 is 1.41 bits per heavy atom. The van der Waals surface area contributed by atoms with Crippen LogP contribution < -0.4 is 0 Å². The minimum Gasteiger partial charge on any atom is -0.335 e. The van der Waals surface area contributed by atoms with Gasteiger partial charge in [-0.1, -0.05) is 13.8 Å². The number of aromatic nitrogens is 5. The highest BCUT2D eigenvalue weighted by Gasteiger charge is 2.15. The van der Waals surface area contributed by atoms with Gasteiger partial charge in [0.05, 0.1) is 12.4 Å². The third-order valence-corrected chi connectivity index (χ3v) is 3.01. The van der Waals surface area contributed by atoms with Gasteiger partial charge in [-0.25, -0.2) is 4.98 Å². The lowest BCUT2D eigenvalue weighted by Crippen LogP contribution is -2.15. The first-order valence-corrected chi connectivity index (χ1v) is 6.13. The van der Waals surface area contributed by atoms with E-state index in [1.807, 2.05) is 17.1 Å². The van der Waals surface area contributed by atoms with Crippen LogP contribution in [-0.2, 0) is 6.54 Å². The number of H-pyrrole nitrogens is 1. The van der Waals surface area contributed by atoms with Crippen LogP contribution in [0.25, 0.3) is 0 Å². The van der Waals surface area contributed by atoms with Gasteiger partial charge >= 0.3 is 0 Å². The number of nitrogens with one attached hydrogen (secondary N) is 1. The van der Waals surface area contributed by atoms with Crippen molar-refractivity contribution in [2.24, 2.45) is 0 Å². The second-order valence-corrected chi connectivity index (χ2v) is 4.91. The summed E-state index contributed by atoms with van der Waals surface area (Å²) in [6.07, 6.45) is 5.55. The third kappa shape index (κ3) is 2.46. The summed E-state index contributed by atoms with van der Waals surface area (Å²) < 4.78 is 4.81. The van der Waals surface area contributed by atoms with Crippen LogP contribution in [0.5, 0.6) is 0 Å². The van der Waals surface area contributed by atoms with Crippen LogP contribution >= 0.6 is 12.2 Å². The lowest BCUT2D eigenvalue weighted by Gasteiger charge is -2.17. The summed E-state index contributed by atoms with van der Waals surface area (Å²) in [5, 5.41) is 7.16. The van der Waals surface area contributed by atoms with Crippen LogP contribution in [0, 0.1) is 4.77 Å². The van der Waals surface area contributed by atoms with Crippen LogP contribution in [0.3, 0.4) is 0 Å². The van der Waals surface area contributed by atoms with E-state index in [1.165, 1.54) is 0 Å². The molecule has 2 aromatic rings. The zero-order valence-corrected chi connectivity index (χ0v) is 11.1. The van der Waals surface area contributed by atoms with E-state index in [1.54, 1.807) is 6.20 Å². The van der Waals surface area contributed by atoms with Gasteiger partial charge in [0.25, 0.3) is 0 Å². The number of hydrogen-bond donors (Lipinski definition) is 1. The van der Waals surface area contributed by atoms with Crippen molar-refractivity contribution in [1.82, 2.24) is 24.3 Å². The molecule has 0 aliphatic heterocycles. The standard InChI is InChI=1S/C11H17N5S/c1-8(2)10-13-14-11(17)16(10)9(3)6-15-5-4-12-7-15/h4-5,7-9H,6H2,1-3H3,(H,14,17). The van der Waals surface area contributed by atoms with E-state index >= 15 is 0 Å². The summed E-state index contributed by atoms with van der Waals surface area (Å²) in [6, 6.07) is 0.257. The molecule has 5 nitrogen and oxygen atoms in total. The van der Waals surface area contributed by atoms with Crippen LogP contribution in [0.4, 0.5) is 0 Å². The van der Waals surface area contributed by atoms with Crippen molar-refractivity contribution in [1.29, 1.82) is 0 Å². The molecule has 6 heteroatoms. The van der Waals surface area contributed by atoms with Gasteiger partial charge in [0.15, 0.2) is 4.77 Å². The molecule has 2 rings (SSSR count). The molecule has 0 amide bonds. The van der Waals surface area contributed by atoms with Crippen molar-refractivity contribution >= 4 is 12.2 Å². The lowest BCUT2D eigenvalue weighted by atomic mass is 10.2. The minimum atomic E-state index is 0.257. The average Bonchev–Trinajstić information content (AvgIpc) is 2.86. The predicted molar refractivity (Wildman–Crippen MR) is 68.4 cm³/mol. The molecule has 17 heavy (non-hydrogen) atoms. The van der Waals surface area contributed by atoms with Gasteiger partial charge in [0, 0.05) is 24.9 Å². The van der Waals surface area contributed by atoms with Gasteiger partial charge < -0.3 is 4.57 Å². The highest BCUT2D eigenvalue weighted by atomic mass is 32.1. The molecule has 0 aromatic carbocycles. The summed E-state index contributed by atoms with van der Waals surface area (Å²) in [7, 11) is 0. The normalized spacial score (nSPS) is 13.2. The fraction of sp³-hybridized carbons (Fsp3) is 0.545. The Morgan fingerprint density at radius 2 is 2.18 bits per heavy atom. The Balaban J connectivity index is 2.27. The molecule has 92 valence electrons. The molecule has 0 saturated carbocycles. The average molecular weight is 251 g/mol. The summed E-state index contributed by atoms with van der Waals surface area (Å²) >= 11 is 5.28. The largest absolute Gasteiger partial charge is 0.335 e. The lowest BCUT2D eigenvalue weighted by molar-refractivity contribution is 0.439. The van der Waals surface area contributed by atoms with Crippen LogP contribution in [-0.4, -0.2) is 24.3 Å². The molecule has 0 spiro atoms. The SMILES string of the molecule is CC(C)c1n[nH]c(=S)n1C(C)Cn1ccnc1. The van der Waals surface area contributed by atoms with Crippen molar-refractivity contribution in [3.8, 4) is 0 Å². The molecule has 2 aromatic heterocycles. The second kappa shape index (κ2) is 4.83. The van der Waals surface area contributed by atoms with Gasteiger partial charge in [0.1, 0.15) is 5.82 Å². The number of imidazole rings is 1. The smallest absolute Gasteiger partial charge is 0.195 e. The van der Waals surface area contributed by atoms with Crippen LogP contribution in [0.15, 0.2) is 18.7 Å². The number of aromatic amines is 1. The first-order chi connectivity index (χ1) is 8.09. The zero-order valence-electron chi connectivity index (χ0n) is 10.3. The number of hydrogen-bond acceptors (Lipinski definition) is 3. The van der Waals surface area contributed by atoms with Crippen molar-refractivity contribution in [2.75, 3.05) is 0 Å². The van der Waals surface area contributed by atoms with E-state index in [9.17, 15) is 0 Å². The molecule has 0 fully saturated rings. The Labute approximate surface area is 106 Å². The Morgan fingerprint density at radius 3 is 2.76 bits per heavy atom. The predicted octanol–water partition coefficient (Wildman–Crippen LogP) is 2.52. The third-order valence-electron chi connectivity index (χ3n) is 2.72. The number of rotatable bonds is 4. The fourth-order valence-electron chi connectivity index (χ4n) is 1.93. The highest BCUT2D eigenvalue weighted by molar-refractivity contribution is 7.71. The van der Waals surface area contributed by atoms with Gasteiger partial charge in [-0.05, 0) is 19.1 Å². The molecule has 1 atom stereocenters. The Bertz CT molecular complexity index is 522. The van der Waals surface area contributed by atoms with Gasteiger partial charge in [0.2, 0.25) is 0 Å². The van der Waals surface area contributed by atoms with E-state index in [-0.39, 0.29) is 6.04 Å². The van der Waals surface area contributed by atoms with E-state index in [0.29, 0.717) is 10.7 Å². The Hall–Kier alpha value is -1.43. The van der Waals surface area contributed by atoms with Crippen molar-refractivity contribution in [3.63, 3.8) is 0 Å². The topological polar surface area (TPSA) is 51.4 Å². The maximum atomic E-state index is 5.28. The number of nitrogens with zero attached hydrogens (tertiary/aromatic N) is 4. The molecule has 0 aliphatic carbocycles. The monoisotopic (exact) mass is 251 g/mol. The van der Waals surface area contributed by atoms with E-state index in [2.05, 4.69) is 40.5 Å². The maximum absolute atomic E-state index is 5.28. The molecule has 1 N–H and O–H groups in total. The summed E-state index contributed by atoms with van der Waals surface area (Å²) in [6.45, 7) is 7.21. The second-order valence-electron chi connectivity index (χ2n) is 4.52. The van der Waals surface area contributed by atoms with E-state index < -0.39 is 0 Å².